The molecule has 0 aliphatic heterocycles. The fourth-order valence-corrected chi connectivity index (χ4v) is 2.49. The first-order valence-electron chi connectivity index (χ1n) is 7.66. The number of rotatable bonds is 8. The van der Waals surface area contributed by atoms with Gasteiger partial charge in [-0.15, -0.1) is 5.10 Å². The Bertz CT molecular complexity index is 634. The molecule has 0 saturated heterocycles. The first kappa shape index (κ1) is 17.8. The standard InChI is InChI=1S/C16H21Cl2N5/c1-11(2)5-7-19-15-10-21-23-16(22-15)20-8-6-12-3-4-13(17)9-14(12)18/h3-4,9-11H,5-8H2,1-2H3,(H2,19,20,22,23). The summed E-state index contributed by atoms with van der Waals surface area (Å²) in [6.07, 6.45) is 3.47. The van der Waals surface area contributed by atoms with Gasteiger partial charge in [0.15, 0.2) is 0 Å². The first-order chi connectivity index (χ1) is 11.0. The predicted molar refractivity (Wildman–Crippen MR) is 96.4 cm³/mol. The van der Waals surface area contributed by atoms with Crippen molar-refractivity contribution in [3.05, 3.63) is 40.0 Å². The van der Waals surface area contributed by atoms with E-state index in [1.807, 2.05) is 12.1 Å². The quantitative estimate of drug-likeness (QED) is 0.740. The van der Waals surface area contributed by atoms with Crippen LogP contribution in [0.4, 0.5) is 11.8 Å². The third-order valence-electron chi connectivity index (χ3n) is 3.28. The minimum absolute atomic E-state index is 0.504. The average molecular weight is 354 g/mol. The van der Waals surface area contributed by atoms with Crippen molar-refractivity contribution in [3.8, 4) is 0 Å². The van der Waals surface area contributed by atoms with Gasteiger partial charge in [0.2, 0.25) is 5.95 Å². The third-order valence-corrected chi connectivity index (χ3v) is 3.87. The van der Waals surface area contributed by atoms with Crippen LogP contribution < -0.4 is 10.6 Å². The molecule has 0 atom stereocenters. The van der Waals surface area contributed by atoms with Gasteiger partial charge in [0.25, 0.3) is 0 Å². The third kappa shape index (κ3) is 6.20. The molecule has 2 aromatic rings. The van der Waals surface area contributed by atoms with E-state index in [9.17, 15) is 0 Å². The van der Waals surface area contributed by atoms with Gasteiger partial charge >= 0.3 is 0 Å². The Morgan fingerprint density at radius 1 is 1.13 bits per heavy atom. The van der Waals surface area contributed by atoms with Crippen molar-refractivity contribution in [1.29, 1.82) is 0 Å². The van der Waals surface area contributed by atoms with Crippen LogP contribution in [0.3, 0.4) is 0 Å². The van der Waals surface area contributed by atoms with Crippen LogP contribution in [0, 0.1) is 5.92 Å². The normalized spacial score (nSPS) is 10.8. The van der Waals surface area contributed by atoms with Crippen molar-refractivity contribution in [3.63, 3.8) is 0 Å². The Morgan fingerprint density at radius 2 is 1.96 bits per heavy atom. The molecular weight excluding hydrogens is 333 g/mol. The van der Waals surface area contributed by atoms with Gasteiger partial charge < -0.3 is 10.6 Å². The van der Waals surface area contributed by atoms with Crippen LogP contribution in [0.25, 0.3) is 0 Å². The summed E-state index contributed by atoms with van der Waals surface area (Å²) >= 11 is 12.0. The highest BCUT2D eigenvalue weighted by molar-refractivity contribution is 6.35. The molecule has 1 heterocycles. The van der Waals surface area contributed by atoms with Gasteiger partial charge in [-0.1, -0.05) is 43.1 Å². The zero-order valence-electron chi connectivity index (χ0n) is 13.3. The maximum Gasteiger partial charge on any atom is 0.244 e. The smallest absolute Gasteiger partial charge is 0.244 e. The van der Waals surface area contributed by atoms with Gasteiger partial charge in [-0.3, -0.25) is 0 Å². The summed E-state index contributed by atoms with van der Waals surface area (Å²) in [4.78, 5) is 4.39. The van der Waals surface area contributed by atoms with Gasteiger partial charge in [0.05, 0.1) is 6.20 Å². The molecule has 124 valence electrons. The number of benzene rings is 1. The number of hydrogen-bond donors (Lipinski definition) is 2. The zero-order chi connectivity index (χ0) is 16.7. The van der Waals surface area contributed by atoms with Crippen LogP contribution in [0.15, 0.2) is 24.4 Å². The Labute approximate surface area is 146 Å². The van der Waals surface area contributed by atoms with Crippen molar-refractivity contribution in [2.45, 2.75) is 26.7 Å². The monoisotopic (exact) mass is 353 g/mol. The lowest BCUT2D eigenvalue weighted by Gasteiger charge is -2.09. The number of aromatic nitrogens is 3. The molecule has 5 nitrogen and oxygen atoms in total. The van der Waals surface area contributed by atoms with Crippen molar-refractivity contribution in [1.82, 2.24) is 15.2 Å². The van der Waals surface area contributed by atoms with Crippen LogP contribution >= 0.6 is 23.2 Å². The van der Waals surface area contributed by atoms with Crippen LogP contribution in [-0.2, 0) is 6.42 Å². The Hall–Kier alpha value is -1.59. The second kappa shape index (κ2) is 8.89. The van der Waals surface area contributed by atoms with Gasteiger partial charge in [0, 0.05) is 23.1 Å². The second-order valence-corrected chi connectivity index (χ2v) is 6.53. The molecule has 1 aromatic carbocycles. The summed E-state index contributed by atoms with van der Waals surface area (Å²) in [5.41, 5.74) is 1.03. The fourth-order valence-electron chi connectivity index (χ4n) is 1.99. The lowest BCUT2D eigenvalue weighted by molar-refractivity contribution is 0.606. The summed E-state index contributed by atoms with van der Waals surface area (Å²) < 4.78 is 0. The SMILES string of the molecule is CC(C)CCNc1cnnc(NCCc2ccc(Cl)cc2Cl)n1. The fraction of sp³-hybridized carbons (Fsp3) is 0.438. The number of halogens is 2. The van der Waals surface area contributed by atoms with E-state index in [4.69, 9.17) is 23.2 Å². The molecule has 2 rings (SSSR count). The van der Waals surface area contributed by atoms with Gasteiger partial charge in [0.1, 0.15) is 5.82 Å². The minimum atomic E-state index is 0.504. The zero-order valence-corrected chi connectivity index (χ0v) is 14.8. The number of anilines is 2. The highest BCUT2D eigenvalue weighted by Crippen LogP contribution is 2.21. The lowest BCUT2D eigenvalue weighted by atomic mass is 10.1. The molecule has 0 radical (unpaired) electrons. The van der Waals surface area contributed by atoms with Gasteiger partial charge in [-0.25, -0.2) is 0 Å². The van der Waals surface area contributed by atoms with Crippen molar-refractivity contribution in [2.75, 3.05) is 23.7 Å². The van der Waals surface area contributed by atoms with E-state index in [-0.39, 0.29) is 0 Å². The molecule has 1 aromatic heterocycles. The van der Waals surface area contributed by atoms with Crippen LogP contribution in [0.5, 0.6) is 0 Å². The van der Waals surface area contributed by atoms with Crippen LogP contribution in [0.1, 0.15) is 25.8 Å². The molecule has 2 N–H and O–H groups in total. The summed E-state index contributed by atoms with van der Waals surface area (Å²) in [7, 11) is 0. The van der Waals surface area contributed by atoms with Crippen LogP contribution in [0.2, 0.25) is 10.0 Å². The molecular formula is C16H21Cl2N5. The van der Waals surface area contributed by atoms with E-state index in [0.29, 0.717) is 28.5 Å². The average Bonchev–Trinajstić information content (AvgIpc) is 2.49. The topological polar surface area (TPSA) is 62.7 Å². The highest BCUT2D eigenvalue weighted by Gasteiger charge is 2.03. The molecule has 0 bridgehead atoms. The second-order valence-electron chi connectivity index (χ2n) is 5.69. The Morgan fingerprint density at radius 3 is 2.70 bits per heavy atom. The Balaban J connectivity index is 1.83. The molecule has 0 amide bonds. The highest BCUT2D eigenvalue weighted by atomic mass is 35.5. The van der Waals surface area contributed by atoms with E-state index in [1.165, 1.54) is 0 Å². The maximum atomic E-state index is 6.15. The van der Waals surface area contributed by atoms with E-state index >= 15 is 0 Å². The first-order valence-corrected chi connectivity index (χ1v) is 8.41. The summed E-state index contributed by atoms with van der Waals surface area (Å²) in [5, 5.41) is 15.7. The molecule has 0 aliphatic rings. The summed E-state index contributed by atoms with van der Waals surface area (Å²) in [6, 6.07) is 5.51. The minimum Gasteiger partial charge on any atom is -0.369 e. The number of hydrogen-bond acceptors (Lipinski definition) is 5. The summed E-state index contributed by atoms with van der Waals surface area (Å²) in [6.45, 7) is 5.91. The van der Waals surface area contributed by atoms with E-state index < -0.39 is 0 Å². The van der Waals surface area contributed by atoms with Gasteiger partial charge in [-0.2, -0.15) is 10.1 Å². The lowest BCUT2D eigenvalue weighted by Crippen LogP contribution is -2.12. The van der Waals surface area contributed by atoms with E-state index in [0.717, 1.165) is 30.8 Å². The molecule has 7 heteroatoms. The maximum absolute atomic E-state index is 6.15. The van der Waals surface area contributed by atoms with Crippen LogP contribution in [-0.4, -0.2) is 28.3 Å². The molecule has 0 spiro atoms. The Kier molecular flexibility index (Phi) is 6.86. The van der Waals surface area contributed by atoms with Gasteiger partial charge in [-0.05, 0) is 36.5 Å². The van der Waals surface area contributed by atoms with Crippen molar-refractivity contribution < 1.29 is 0 Å². The molecule has 0 fully saturated rings. The van der Waals surface area contributed by atoms with Crippen molar-refractivity contribution in [2.24, 2.45) is 5.92 Å². The molecule has 0 saturated carbocycles. The molecule has 0 unspecified atom stereocenters. The van der Waals surface area contributed by atoms with E-state index in [1.54, 1.807) is 12.3 Å². The number of nitrogens with one attached hydrogen (secondary N) is 2. The molecule has 0 aliphatic carbocycles. The number of nitrogens with zero attached hydrogens (tertiary/aromatic N) is 3. The predicted octanol–water partition coefficient (Wildman–Crippen LogP) is 4.29. The summed E-state index contributed by atoms with van der Waals surface area (Å²) in [5.74, 6) is 1.89. The molecule has 23 heavy (non-hydrogen) atoms. The largest absolute Gasteiger partial charge is 0.369 e. The van der Waals surface area contributed by atoms with Crippen molar-refractivity contribution >= 4 is 35.0 Å². The van der Waals surface area contributed by atoms with E-state index in [2.05, 4.69) is 39.7 Å².